The third-order valence-corrected chi connectivity index (χ3v) is 5.35. The second kappa shape index (κ2) is 8.95. The van der Waals surface area contributed by atoms with E-state index in [9.17, 15) is 18.0 Å². The molecule has 0 atom stereocenters. The molecular formula is C18H17ClF3N3OS. The molecule has 2 aromatic rings. The molecule has 1 amide bonds. The number of piperazine rings is 1. The zero-order chi connectivity index (χ0) is 19.4. The SMILES string of the molecule is O=C(c1cccnc1SC(F)F)N1CCN(Cc2ccc(F)cc2Cl)CC1. The Morgan fingerprint density at radius 3 is 2.63 bits per heavy atom. The molecule has 0 bridgehead atoms. The largest absolute Gasteiger partial charge is 0.336 e. The van der Waals surface area contributed by atoms with E-state index in [0.717, 1.165) is 5.56 Å². The van der Waals surface area contributed by atoms with Gasteiger partial charge in [-0.3, -0.25) is 9.69 Å². The van der Waals surface area contributed by atoms with Crippen molar-refractivity contribution in [2.24, 2.45) is 0 Å². The number of halogens is 4. The second-order valence-electron chi connectivity index (χ2n) is 6.04. The molecule has 9 heteroatoms. The number of carbonyl (C=O) groups is 1. The van der Waals surface area contributed by atoms with Gasteiger partial charge in [0, 0.05) is 43.9 Å². The van der Waals surface area contributed by atoms with Gasteiger partial charge in [0.05, 0.1) is 5.56 Å². The lowest BCUT2D eigenvalue weighted by Crippen LogP contribution is -2.48. The lowest BCUT2D eigenvalue weighted by atomic mass is 10.1. The summed E-state index contributed by atoms with van der Waals surface area (Å²) in [4.78, 5) is 20.4. The van der Waals surface area contributed by atoms with E-state index >= 15 is 0 Å². The van der Waals surface area contributed by atoms with Gasteiger partial charge in [0.25, 0.3) is 11.7 Å². The van der Waals surface area contributed by atoms with Gasteiger partial charge in [0.1, 0.15) is 10.8 Å². The Kier molecular flexibility index (Phi) is 6.62. The normalized spacial score (nSPS) is 15.4. The molecule has 2 heterocycles. The van der Waals surface area contributed by atoms with Crippen molar-refractivity contribution in [3.05, 3.63) is 58.5 Å². The molecular weight excluding hydrogens is 399 g/mol. The molecule has 0 aliphatic carbocycles. The van der Waals surface area contributed by atoms with Crippen LogP contribution in [0.3, 0.4) is 0 Å². The minimum atomic E-state index is -2.64. The average Bonchev–Trinajstić information content (AvgIpc) is 2.64. The molecule has 1 aromatic heterocycles. The Bertz CT molecular complexity index is 816. The number of nitrogens with zero attached hydrogens (tertiary/aromatic N) is 3. The van der Waals surface area contributed by atoms with Gasteiger partial charge < -0.3 is 4.90 Å². The molecule has 1 aliphatic rings. The van der Waals surface area contributed by atoms with Crippen LogP contribution in [0.4, 0.5) is 13.2 Å². The van der Waals surface area contributed by atoms with Gasteiger partial charge in [-0.15, -0.1) is 0 Å². The maximum absolute atomic E-state index is 13.1. The third-order valence-electron chi connectivity index (χ3n) is 4.27. The lowest BCUT2D eigenvalue weighted by molar-refractivity contribution is 0.0624. The monoisotopic (exact) mass is 415 g/mol. The Labute approximate surface area is 164 Å². The summed E-state index contributed by atoms with van der Waals surface area (Å²) in [7, 11) is 0. The van der Waals surface area contributed by atoms with Gasteiger partial charge >= 0.3 is 0 Å². The Morgan fingerprint density at radius 1 is 1.22 bits per heavy atom. The minimum Gasteiger partial charge on any atom is -0.336 e. The van der Waals surface area contributed by atoms with E-state index in [0.29, 0.717) is 37.7 Å². The van der Waals surface area contributed by atoms with Gasteiger partial charge in [-0.05, 0) is 41.6 Å². The van der Waals surface area contributed by atoms with E-state index in [1.807, 2.05) is 0 Å². The van der Waals surface area contributed by atoms with Gasteiger partial charge in [-0.25, -0.2) is 9.37 Å². The number of rotatable bonds is 5. The Morgan fingerprint density at radius 2 is 1.96 bits per heavy atom. The smallest absolute Gasteiger partial charge is 0.290 e. The molecule has 27 heavy (non-hydrogen) atoms. The number of hydrogen-bond acceptors (Lipinski definition) is 4. The highest BCUT2D eigenvalue weighted by Gasteiger charge is 2.25. The zero-order valence-corrected chi connectivity index (χ0v) is 15.8. The van der Waals surface area contributed by atoms with E-state index in [-0.39, 0.29) is 34.1 Å². The summed E-state index contributed by atoms with van der Waals surface area (Å²) in [6, 6.07) is 7.38. The van der Waals surface area contributed by atoms with Crippen LogP contribution in [-0.4, -0.2) is 52.6 Å². The van der Waals surface area contributed by atoms with Crippen LogP contribution in [0.25, 0.3) is 0 Å². The summed E-state index contributed by atoms with van der Waals surface area (Å²) >= 11 is 6.34. The Hall–Kier alpha value is -1.77. The van der Waals surface area contributed by atoms with Crippen molar-refractivity contribution in [1.29, 1.82) is 0 Å². The van der Waals surface area contributed by atoms with Gasteiger partial charge in [-0.1, -0.05) is 17.7 Å². The van der Waals surface area contributed by atoms with Crippen molar-refractivity contribution in [1.82, 2.24) is 14.8 Å². The molecule has 1 aromatic carbocycles. The highest BCUT2D eigenvalue weighted by molar-refractivity contribution is 7.99. The summed E-state index contributed by atoms with van der Waals surface area (Å²) in [5.74, 6) is -3.32. The van der Waals surface area contributed by atoms with Crippen molar-refractivity contribution in [2.45, 2.75) is 17.3 Å². The van der Waals surface area contributed by atoms with E-state index in [1.54, 1.807) is 17.0 Å². The molecule has 0 saturated carbocycles. The first-order valence-electron chi connectivity index (χ1n) is 8.29. The van der Waals surface area contributed by atoms with E-state index < -0.39 is 5.76 Å². The average molecular weight is 416 g/mol. The highest BCUT2D eigenvalue weighted by atomic mass is 35.5. The van der Waals surface area contributed by atoms with Crippen molar-refractivity contribution in [2.75, 3.05) is 26.2 Å². The maximum atomic E-state index is 13.1. The van der Waals surface area contributed by atoms with Crippen LogP contribution in [0.5, 0.6) is 0 Å². The maximum Gasteiger partial charge on any atom is 0.290 e. The molecule has 0 unspecified atom stereocenters. The molecule has 1 fully saturated rings. The standard InChI is InChI=1S/C18H17ClF3N3OS/c19-15-10-13(20)4-3-12(15)11-24-6-8-25(9-7-24)17(26)14-2-1-5-23-16(14)27-18(21)22/h1-5,10,18H,6-9,11H2. The van der Waals surface area contributed by atoms with E-state index in [1.165, 1.54) is 24.4 Å². The van der Waals surface area contributed by atoms with Crippen LogP contribution in [0, 0.1) is 5.82 Å². The molecule has 0 spiro atoms. The second-order valence-corrected chi connectivity index (χ2v) is 7.42. The number of thioether (sulfide) groups is 1. The van der Waals surface area contributed by atoms with Crippen molar-refractivity contribution < 1.29 is 18.0 Å². The number of carbonyl (C=O) groups excluding carboxylic acids is 1. The summed E-state index contributed by atoms with van der Waals surface area (Å²) in [5.41, 5.74) is 1.01. The van der Waals surface area contributed by atoms with Gasteiger partial charge in [0.15, 0.2) is 0 Å². The number of benzene rings is 1. The molecule has 144 valence electrons. The Balaban J connectivity index is 1.61. The van der Waals surface area contributed by atoms with Crippen LogP contribution in [0.1, 0.15) is 15.9 Å². The summed E-state index contributed by atoms with van der Waals surface area (Å²) in [5, 5.41) is 0.413. The van der Waals surface area contributed by atoms with Gasteiger partial charge in [0.2, 0.25) is 0 Å². The molecule has 0 radical (unpaired) electrons. The van der Waals surface area contributed by atoms with Gasteiger partial charge in [-0.2, -0.15) is 8.78 Å². The summed E-state index contributed by atoms with van der Waals surface area (Å²) in [6.07, 6.45) is 1.39. The number of pyridine rings is 1. The minimum absolute atomic E-state index is 0.0398. The van der Waals surface area contributed by atoms with E-state index in [2.05, 4.69) is 9.88 Å². The predicted octanol–water partition coefficient (Wildman–Crippen LogP) is 4.15. The fraction of sp³-hybridized carbons (Fsp3) is 0.333. The summed E-state index contributed by atoms with van der Waals surface area (Å²) in [6.45, 7) is 2.70. The quantitative estimate of drug-likeness (QED) is 0.687. The summed E-state index contributed by atoms with van der Waals surface area (Å²) < 4.78 is 38.5. The predicted molar refractivity (Wildman–Crippen MR) is 98.7 cm³/mol. The highest BCUT2D eigenvalue weighted by Crippen LogP contribution is 2.27. The number of amides is 1. The fourth-order valence-electron chi connectivity index (χ4n) is 2.90. The number of alkyl halides is 2. The van der Waals surface area contributed by atoms with Crippen molar-refractivity contribution >= 4 is 29.3 Å². The van der Waals surface area contributed by atoms with Crippen LogP contribution < -0.4 is 0 Å². The first kappa shape index (κ1) is 20.0. The molecule has 4 nitrogen and oxygen atoms in total. The molecule has 0 N–H and O–H groups in total. The topological polar surface area (TPSA) is 36.4 Å². The first-order valence-corrected chi connectivity index (χ1v) is 9.55. The van der Waals surface area contributed by atoms with E-state index in [4.69, 9.17) is 11.6 Å². The van der Waals surface area contributed by atoms with Crippen LogP contribution >= 0.6 is 23.4 Å². The first-order chi connectivity index (χ1) is 12.9. The molecule has 1 aliphatic heterocycles. The van der Waals surface area contributed by atoms with Crippen LogP contribution in [0.2, 0.25) is 5.02 Å². The van der Waals surface area contributed by atoms with Crippen molar-refractivity contribution in [3.63, 3.8) is 0 Å². The molecule has 3 rings (SSSR count). The number of aromatic nitrogens is 1. The van der Waals surface area contributed by atoms with Crippen LogP contribution in [-0.2, 0) is 6.54 Å². The zero-order valence-electron chi connectivity index (χ0n) is 14.2. The fourth-order valence-corrected chi connectivity index (χ4v) is 3.70. The lowest BCUT2D eigenvalue weighted by Gasteiger charge is -2.35. The third kappa shape index (κ3) is 5.15. The van der Waals surface area contributed by atoms with Crippen LogP contribution in [0.15, 0.2) is 41.6 Å². The number of hydrogen-bond donors (Lipinski definition) is 0. The van der Waals surface area contributed by atoms with Crippen molar-refractivity contribution in [3.8, 4) is 0 Å². The molecule has 1 saturated heterocycles.